The Bertz CT molecular complexity index is 1100. The van der Waals surface area contributed by atoms with E-state index in [1.54, 1.807) is 56.7 Å². The molecule has 2 aromatic rings. The highest BCUT2D eigenvalue weighted by atomic mass is 35.5. The van der Waals surface area contributed by atoms with Gasteiger partial charge in [-0.3, -0.25) is 9.59 Å². The lowest BCUT2D eigenvalue weighted by atomic mass is 9.81. The number of benzene rings is 2. The molecule has 2 saturated heterocycles. The molecule has 2 fully saturated rings. The molecule has 0 spiro atoms. The SMILES string of the molecule is CCC(C)(C(=O)Nc1cc(OC)cc(OC)c1)N(CC1CCCN2CCCC[C@@H]12)C(=O)c1ccc(Cl)cc1. The summed E-state index contributed by atoms with van der Waals surface area (Å²) in [6.07, 6.45) is 6.22. The topological polar surface area (TPSA) is 71.1 Å². The molecule has 0 bridgehead atoms. The molecular formula is C30H40ClN3O4. The predicted molar refractivity (Wildman–Crippen MR) is 151 cm³/mol. The number of carbonyl (C=O) groups is 2. The quantitative estimate of drug-likeness (QED) is 0.430. The molecule has 0 saturated carbocycles. The first-order valence-electron chi connectivity index (χ1n) is 13.6. The molecule has 7 nitrogen and oxygen atoms in total. The van der Waals surface area contributed by atoms with Gasteiger partial charge in [-0.1, -0.05) is 24.9 Å². The van der Waals surface area contributed by atoms with Crippen LogP contribution in [0.25, 0.3) is 0 Å². The molecule has 3 atom stereocenters. The number of piperidine rings is 2. The highest BCUT2D eigenvalue weighted by molar-refractivity contribution is 6.30. The van der Waals surface area contributed by atoms with Crippen LogP contribution in [-0.2, 0) is 4.79 Å². The summed E-state index contributed by atoms with van der Waals surface area (Å²) in [6, 6.07) is 12.6. The predicted octanol–water partition coefficient (Wildman–Crippen LogP) is 5.87. The lowest BCUT2D eigenvalue weighted by Crippen LogP contribution is -2.60. The Labute approximate surface area is 231 Å². The summed E-state index contributed by atoms with van der Waals surface area (Å²) < 4.78 is 10.8. The largest absolute Gasteiger partial charge is 0.497 e. The number of halogens is 1. The monoisotopic (exact) mass is 541 g/mol. The number of hydrogen-bond acceptors (Lipinski definition) is 5. The second-order valence-electron chi connectivity index (χ2n) is 10.6. The minimum absolute atomic E-state index is 0.155. The summed E-state index contributed by atoms with van der Waals surface area (Å²) in [7, 11) is 3.14. The van der Waals surface area contributed by atoms with Crippen molar-refractivity contribution in [1.82, 2.24) is 9.80 Å². The third kappa shape index (κ3) is 6.10. The van der Waals surface area contributed by atoms with E-state index in [0.29, 0.717) is 52.7 Å². The highest BCUT2D eigenvalue weighted by Gasteiger charge is 2.44. The third-order valence-corrected chi connectivity index (χ3v) is 8.62. The molecule has 2 aliphatic heterocycles. The molecule has 0 radical (unpaired) electrons. The second kappa shape index (κ2) is 12.4. The van der Waals surface area contributed by atoms with Crippen molar-refractivity contribution in [1.29, 1.82) is 0 Å². The molecule has 4 rings (SSSR count). The van der Waals surface area contributed by atoms with Crippen molar-refractivity contribution in [2.75, 3.05) is 39.2 Å². The second-order valence-corrected chi connectivity index (χ2v) is 11.0. The van der Waals surface area contributed by atoms with Crippen LogP contribution in [0.5, 0.6) is 11.5 Å². The summed E-state index contributed by atoms with van der Waals surface area (Å²) in [5.74, 6) is 1.07. The van der Waals surface area contributed by atoms with Crippen molar-refractivity contribution in [2.24, 2.45) is 5.92 Å². The van der Waals surface area contributed by atoms with Gasteiger partial charge in [-0.2, -0.15) is 0 Å². The van der Waals surface area contributed by atoms with E-state index in [2.05, 4.69) is 10.2 Å². The standard InChI is InChI=1S/C30H40ClN3O4/c1-5-30(2,29(36)32-24-17-25(37-3)19-26(18-24)38-4)34(28(35)21-11-13-23(31)14-12-21)20-22-9-8-16-33-15-7-6-10-27(22)33/h11-14,17-19,22,27H,5-10,15-16,20H2,1-4H3,(H,32,36)/t22?,27-,30?/m0/s1. The number of ether oxygens (including phenoxy) is 2. The van der Waals surface area contributed by atoms with Crippen molar-refractivity contribution in [3.05, 3.63) is 53.1 Å². The minimum Gasteiger partial charge on any atom is -0.497 e. The first-order chi connectivity index (χ1) is 18.3. The molecular weight excluding hydrogens is 502 g/mol. The summed E-state index contributed by atoms with van der Waals surface area (Å²) in [5.41, 5.74) is 0.00591. The fourth-order valence-corrected chi connectivity index (χ4v) is 6.03. The number of methoxy groups -OCH3 is 2. The van der Waals surface area contributed by atoms with Crippen LogP contribution in [0.2, 0.25) is 5.02 Å². The molecule has 2 amide bonds. The van der Waals surface area contributed by atoms with E-state index in [1.165, 1.54) is 12.8 Å². The van der Waals surface area contributed by atoms with Crippen LogP contribution < -0.4 is 14.8 Å². The fraction of sp³-hybridized carbons (Fsp3) is 0.533. The van der Waals surface area contributed by atoms with Crippen LogP contribution in [0.3, 0.4) is 0 Å². The Morgan fingerprint density at radius 2 is 1.68 bits per heavy atom. The maximum Gasteiger partial charge on any atom is 0.254 e. The van der Waals surface area contributed by atoms with Gasteiger partial charge < -0.3 is 24.6 Å². The Morgan fingerprint density at radius 1 is 1.03 bits per heavy atom. The Balaban J connectivity index is 1.67. The van der Waals surface area contributed by atoms with Crippen molar-refractivity contribution in [3.63, 3.8) is 0 Å². The molecule has 8 heteroatoms. The molecule has 0 aromatic heterocycles. The number of amides is 2. The van der Waals surface area contributed by atoms with Gasteiger partial charge in [-0.25, -0.2) is 0 Å². The van der Waals surface area contributed by atoms with Gasteiger partial charge >= 0.3 is 0 Å². The Kier molecular flexibility index (Phi) is 9.21. The molecule has 38 heavy (non-hydrogen) atoms. The lowest BCUT2D eigenvalue weighted by Gasteiger charge is -2.48. The number of nitrogens with zero attached hydrogens (tertiary/aromatic N) is 2. The number of nitrogens with one attached hydrogen (secondary N) is 1. The maximum atomic E-state index is 14.1. The van der Waals surface area contributed by atoms with Gasteiger partial charge in [-0.05, 0) is 82.3 Å². The van der Waals surface area contributed by atoms with E-state index >= 15 is 0 Å². The van der Waals surface area contributed by atoms with E-state index in [4.69, 9.17) is 21.1 Å². The Hall–Kier alpha value is -2.77. The molecule has 0 aliphatic carbocycles. The van der Waals surface area contributed by atoms with Gasteiger partial charge in [0, 0.05) is 47.1 Å². The zero-order valence-corrected chi connectivity index (χ0v) is 23.7. The van der Waals surface area contributed by atoms with Crippen molar-refractivity contribution in [3.8, 4) is 11.5 Å². The summed E-state index contributed by atoms with van der Waals surface area (Å²) in [4.78, 5) is 32.5. The van der Waals surface area contributed by atoms with Crippen molar-refractivity contribution in [2.45, 2.75) is 64.0 Å². The fourth-order valence-electron chi connectivity index (χ4n) is 5.90. The van der Waals surface area contributed by atoms with E-state index < -0.39 is 5.54 Å². The molecule has 206 valence electrons. The van der Waals surface area contributed by atoms with Gasteiger partial charge in [0.25, 0.3) is 5.91 Å². The third-order valence-electron chi connectivity index (χ3n) is 8.36. The van der Waals surface area contributed by atoms with Crippen LogP contribution in [-0.4, -0.2) is 67.0 Å². The van der Waals surface area contributed by atoms with E-state index in [-0.39, 0.29) is 11.8 Å². The number of anilines is 1. The smallest absolute Gasteiger partial charge is 0.254 e. The zero-order valence-electron chi connectivity index (χ0n) is 23.0. The Morgan fingerprint density at radius 3 is 2.32 bits per heavy atom. The van der Waals surface area contributed by atoms with Gasteiger partial charge in [0.05, 0.1) is 14.2 Å². The minimum atomic E-state index is -1.08. The summed E-state index contributed by atoms with van der Waals surface area (Å²) in [6.45, 7) is 6.60. The van der Waals surface area contributed by atoms with Crippen LogP contribution in [0, 0.1) is 5.92 Å². The van der Waals surface area contributed by atoms with Crippen molar-refractivity contribution >= 4 is 29.1 Å². The average molecular weight is 542 g/mol. The van der Waals surface area contributed by atoms with Crippen LogP contribution in [0.15, 0.2) is 42.5 Å². The van der Waals surface area contributed by atoms with Crippen LogP contribution in [0.1, 0.15) is 62.7 Å². The van der Waals surface area contributed by atoms with Crippen LogP contribution in [0.4, 0.5) is 5.69 Å². The van der Waals surface area contributed by atoms with E-state index in [1.807, 2.05) is 18.7 Å². The average Bonchev–Trinajstić information content (AvgIpc) is 2.95. The zero-order chi connectivity index (χ0) is 27.3. The van der Waals surface area contributed by atoms with Crippen LogP contribution >= 0.6 is 11.6 Å². The summed E-state index contributed by atoms with van der Waals surface area (Å²) >= 11 is 6.12. The van der Waals surface area contributed by atoms with E-state index in [9.17, 15) is 9.59 Å². The van der Waals surface area contributed by atoms with Gasteiger partial charge in [0.2, 0.25) is 5.91 Å². The molecule has 2 aliphatic rings. The molecule has 2 aromatic carbocycles. The number of rotatable bonds is 9. The van der Waals surface area contributed by atoms with Gasteiger partial charge in [0.15, 0.2) is 0 Å². The summed E-state index contributed by atoms with van der Waals surface area (Å²) in [5, 5.41) is 3.62. The lowest BCUT2D eigenvalue weighted by molar-refractivity contribution is -0.126. The normalized spacial score (nSPS) is 21.1. The highest BCUT2D eigenvalue weighted by Crippen LogP contribution is 2.35. The van der Waals surface area contributed by atoms with Crippen molar-refractivity contribution < 1.29 is 19.1 Å². The number of hydrogen-bond donors (Lipinski definition) is 1. The number of carbonyl (C=O) groups excluding carboxylic acids is 2. The van der Waals surface area contributed by atoms with Gasteiger partial charge in [-0.15, -0.1) is 0 Å². The molecule has 2 unspecified atom stereocenters. The first-order valence-corrected chi connectivity index (χ1v) is 14.0. The molecule has 2 heterocycles. The molecule has 1 N–H and O–H groups in total. The number of fused-ring (bicyclic) bond motifs is 1. The maximum absolute atomic E-state index is 14.1. The van der Waals surface area contributed by atoms with Gasteiger partial charge in [0.1, 0.15) is 17.0 Å². The first kappa shape index (κ1) is 28.2. The van der Waals surface area contributed by atoms with E-state index in [0.717, 1.165) is 32.4 Å².